The molecule has 0 radical (unpaired) electrons. The van der Waals surface area contributed by atoms with Crippen LogP contribution < -0.4 is 35.2 Å². The van der Waals surface area contributed by atoms with E-state index in [-0.39, 0.29) is 30.2 Å². The number of halogens is 2. The number of hydrogen-bond acceptors (Lipinski definition) is 0. The van der Waals surface area contributed by atoms with Gasteiger partial charge in [0.2, 0.25) is 0 Å². The number of benzene rings is 4. The van der Waals surface area contributed by atoms with Crippen molar-refractivity contribution in [2.75, 3.05) is 0 Å². The monoisotopic (exact) mass is 628 g/mol. The van der Waals surface area contributed by atoms with E-state index in [9.17, 15) is 0 Å². The number of rotatable bonds is 4. The Labute approximate surface area is 247 Å². The molecular weight excluding hydrogens is 599 g/mol. The van der Waals surface area contributed by atoms with Crippen LogP contribution in [0.3, 0.4) is 0 Å². The van der Waals surface area contributed by atoms with Gasteiger partial charge in [-0.2, -0.15) is 0 Å². The van der Waals surface area contributed by atoms with Crippen molar-refractivity contribution in [3.05, 3.63) is 141 Å². The number of fused-ring (bicyclic) bond motifs is 3. The molecule has 2 aliphatic carbocycles. The Kier molecular flexibility index (Phi) is 9.21. The molecule has 0 saturated heterocycles. The maximum absolute atomic E-state index is 2.65. The van der Waals surface area contributed by atoms with E-state index in [0.717, 1.165) is 6.42 Å². The van der Waals surface area contributed by atoms with Crippen molar-refractivity contribution in [1.82, 2.24) is 0 Å². The van der Waals surface area contributed by atoms with Crippen molar-refractivity contribution in [2.24, 2.45) is 5.41 Å². The van der Waals surface area contributed by atoms with Crippen LogP contribution in [0.15, 0.2) is 130 Å². The Morgan fingerprint density at radius 3 is 1.53 bits per heavy atom. The molecule has 190 valence electrons. The summed E-state index contributed by atoms with van der Waals surface area (Å²) in [6.07, 6.45) is 6.32. The van der Waals surface area contributed by atoms with Gasteiger partial charge in [-0.3, -0.25) is 0 Å². The third-order valence-electron chi connectivity index (χ3n) is 7.60. The minimum absolute atomic E-state index is 0. The van der Waals surface area contributed by atoms with Gasteiger partial charge in [0.05, 0.1) is 0 Å². The van der Waals surface area contributed by atoms with E-state index in [0.29, 0.717) is 3.63 Å². The molecule has 0 aliphatic heterocycles. The van der Waals surface area contributed by atoms with Crippen LogP contribution in [0.1, 0.15) is 41.9 Å². The van der Waals surface area contributed by atoms with Crippen molar-refractivity contribution < 1.29 is 45.2 Å². The fourth-order valence-corrected chi connectivity index (χ4v) is 28.1. The van der Waals surface area contributed by atoms with E-state index in [1.807, 2.05) is 0 Å². The minimum atomic E-state index is -2.41. The standard InChI is InChI=1S/C13H9.C12H10Si.C9H13.2ClH.Zr/c1-3-7-12-10(5-1)9-11-6-2-4-8-13(11)12;1-3-7-11(8-4-1)13-12-9-5-2-6-10-12;1-9(2,3)8-6-4-5-7-8;;;/h1-9H;1-10H;6-7H,4H2,1-3H3;2*1H;/q;;;;;+2/p-2. The molecule has 0 amide bonds. The van der Waals surface area contributed by atoms with E-state index < -0.39 is 25.8 Å². The summed E-state index contributed by atoms with van der Waals surface area (Å²) in [5.41, 5.74) is 6.83. The van der Waals surface area contributed by atoms with Crippen molar-refractivity contribution in [3.8, 4) is 11.1 Å². The Morgan fingerprint density at radius 2 is 1.08 bits per heavy atom. The van der Waals surface area contributed by atoms with Crippen molar-refractivity contribution >= 4 is 15.8 Å². The summed E-state index contributed by atoms with van der Waals surface area (Å²) < 4.78 is 2.34. The zero-order valence-electron chi connectivity index (χ0n) is 22.1. The smallest absolute Gasteiger partial charge is 1.00 e. The molecular formula is C34H32Cl2SiZr. The summed E-state index contributed by atoms with van der Waals surface area (Å²) in [6, 6.07) is 41.6. The molecule has 0 atom stereocenters. The molecule has 0 fully saturated rings. The number of allylic oxidation sites excluding steroid dienone is 4. The first-order chi connectivity index (χ1) is 17.5. The molecule has 0 aromatic heterocycles. The summed E-state index contributed by atoms with van der Waals surface area (Å²) in [5, 5.41) is 3.16. The molecule has 0 N–H and O–H groups in total. The molecule has 6 rings (SSSR count). The molecule has 4 aromatic rings. The van der Waals surface area contributed by atoms with Gasteiger partial charge in [-0.25, -0.2) is 0 Å². The maximum Gasteiger partial charge on any atom is -1.00 e. The van der Waals surface area contributed by atoms with Crippen LogP contribution in [-0.4, -0.2) is 5.43 Å². The summed E-state index contributed by atoms with van der Waals surface area (Å²) in [5.74, 6) is 0. The molecule has 2 aliphatic rings. The first kappa shape index (κ1) is 29.0. The minimum Gasteiger partial charge on any atom is -1.00 e. The van der Waals surface area contributed by atoms with Gasteiger partial charge in [0.25, 0.3) is 0 Å². The molecule has 0 heterocycles. The van der Waals surface area contributed by atoms with Gasteiger partial charge in [-0.05, 0) is 0 Å². The van der Waals surface area contributed by atoms with E-state index in [4.69, 9.17) is 0 Å². The van der Waals surface area contributed by atoms with Crippen LogP contribution in [0.2, 0.25) is 0 Å². The van der Waals surface area contributed by atoms with Gasteiger partial charge in [0, 0.05) is 0 Å². The topological polar surface area (TPSA) is 0 Å². The van der Waals surface area contributed by atoms with E-state index in [1.165, 1.54) is 16.7 Å². The summed E-state index contributed by atoms with van der Waals surface area (Å²) in [7, 11) is 0. The molecule has 4 aromatic carbocycles. The maximum atomic E-state index is 2.65. The molecule has 0 spiro atoms. The summed E-state index contributed by atoms with van der Waals surface area (Å²) in [4.78, 5) is 0. The molecule has 0 unspecified atom stereocenters. The van der Waals surface area contributed by atoms with Crippen LogP contribution in [0.25, 0.3) is 11.1 Å². The zero-order chi connectivity index (χ0) is 24.7. The van der Waals surface area contributed by atoms with Gasteiger partial charge < -0.3 is 24.8 Å². The van der Waals surface area contributed by atoms with E-state index >= 15 is 0 Å². The predicted octanol–water partition coefficient (Wildman–Crippen LogP) is 1.45. The van der Waals surface area contributed by atoms with Crippen LogP contribution in [0.5, 0.6) is 0 Å². The van der Waals surface area contributed by atoms with Gasteiger partial charge >= 0.3 is 225 Å². The summed E-state index contributed by atoms with van der Waals surface area (Å²) >= 11 is -2.41. The quantitative estimate of drug-likeness (QED) is 0.300. The van der Waals surface area contributed by atoms with Gasteiger partial charge in [-0.1, -0.05) is 0 Å². The molecule has 38 heavy (non-hydrogen) atoms. The van der Waals surface area contributed by atoms with Crippen LogP contribution in [-0.2, 0) is 20.4 Å². The third kappa shape index (κ3) is 5.39. The normalized spacial score (nSPS) is 13.6. The number of hydrogen-bond donors (Lipinski definition) is 0. The summed E-state index contributed by atoms with van der Waals surface area (Å²) in [6.45, 7) is 7.09. The Morgan fingerprint density at radius 1 is 0.632 bits per heavy atom. The second-order valence-electron chi connectivity index (χ2n) is 10.9. The van der Waals surface area contributed by atoms with Crippen LogP contribution in [0, 0.1) is 5.41 Å². The van der Waals surface area contributed by atoms with Gasteiger partial charge in [-0.15, -0.1) is 0 Å². The average molecular weight is 631 g/mol. The third-order valence-corrected chi connectivity index (χ3v) is 27.3. The van der Waals surface area contributed by atoms with Crippen LogP contribution in [0.4, 0.5) is 0 Å². The first-order valence-electron chi connectivity index (χ1n) is 13.0. The van der Waals surface area contributed by atoms with Crippen molar-refractivity contribution in [2.45, 2.75) is 30.8 Å². The fraction of sp³-hybridized carbons (Fsp3) is 0.176. The van der Waals surface area contributed by atoms with Crippen LogP contribution >= 0.6 is 0 Å². The second kappa shape index (κ2) is 12.1. The predicted molar refractivity (Wildman–Crippen MR) is 152 cm³/mol. The molecule has 0 nitrogen and oxygen atoms in total. The van der Waals surface area contributed by atoms with Gasteiger partial charge in [0.15, 0.2) is 0 Å². The first-order valence-corrected chi connectivity index (χ1v) is 20.8. The Bertz CT molecular complexity index is 1440. The Hall–Kier alpha value is -1.96. The van der Waals surface area contributed by atoms with E-state index in [1.54, 1.807) is 24.8 Å². The molecule has 0 saturated carbocycles. The molecule has 0 bridgehead atoms. The Balaban J connectivity index is 0.00000168. The van der Waals surface area contributed by atoms with Crippen molar-refractivity contribution in [3.63, 3.8) is 0 Å². The SMILES string of the molecule is CC(C)(C)C1=CC[C]([Zr+2]([CH]2c3ccccc3-c3ccccc32)=[Si](c2ccccc2)c2ccccc2)=C1.[Cl-].[Cl-]. The van der Waals surface area contributed by atoms with E-state index in [2.05, 4.69) is 142 Å². The zero-order valence-corrected chi connectivity index (χ0v) is 27.1. The second-order valence-corrected chi connectivity index (χ2v) is 24.7. The largest absolute Gasteiger partial charge is 1.00 e. The average Bonchev–Trinajstić information content (AvgIpc) is 3.52. The fourth-order valence-electron chi connectivity index (χ4n) is 5.88. The van der Waals surface area contributed by atoms with Gasteiger partial charge in [0.1, 0.15) is 0 Å². The van der Waals surface area contributed by atoms with Crippen molar-refractivity contribution in [1.29, 1.82) is 0 Å². The molecule has 4 heteroatoms.